The van der Waals surface area contributed by atoms with Crippen LogP contribution in [0.2, 0.25) is 0 Å². The fourth-order valence-electron chi connectivity index (χ4n) is 4.90. The fraction of sp³-hybridized carbons (Fsp3) is 0.393. The number of hydrogen-bond acceptors (Lipinski definition) is 7. The van der Waals surface area contributed by atoms with Crippen molar-refractivity contribution in [2.45, 2.75) is 50.6 Å². The molecule has 1 saturated heterocycles. The zero-order valence-electron chi connectivity index (χ0n) is 21.7. The van der Waals surface area contributed by atoms with Crippen molar-refractivity contribution in [3.8, 4) is 0 Å². The van der Waals surface area contributed by atoms with Crippen LogP contribution in [0.3, 0.4) is 0 Å². The summed E-state index contributed by atoms with van der Waals surface area (Å²) in [4.78, 5) is 44.4. The van der Waals surface area contributed by atoms with E-state index < -0.39 is 6.04 Å². The van der Waals surface area contributed by atoms with Gasteiger partial charge in [0, 0.05) is 36.8 Å². The predicted octanol–water partition coefficient (Wildman–Crippen LogP) is 3.68. The van der Waals surface area contributed by atoms with Gasteiger partial charge in [-0.2, -0.15) is 0 Å². The summed E-state index contributed by atoms with van der Waals surface area (Å²) in [5.74, 6) is 0.457. The number of hydrogen-bond donors (Lipinski definition) is 3. The summed E-state index contributed by atoms with van der Waals surface area (Å²) < 4.78 is 5.39. The van der Waals surface area contributed by atoms with Crippen molar-refractivity contribution in [3.05, 3.63) is 77.4 Å². The molecule has 2 fully saturated rings. The number of amides is 3. The summed E-state index contributed by atoms with van der Waals surface area (Å²) in [5, 5.41) is 9.99. The van der Waals surface area contributed by atoms with E-state index in [0.717, 1.165) is 24.2 Å². The molecule has 2 aliphatic rings. The van der Waals surface area contributed by atoms with E-state index in [2.05, 4.69) is 20.8 Å². The monoisotopic (exact) mass is 552 g/mol. The van der Waals surface area contributed by atoms with Crippen LogP contribution < -0.4 is 16.4 Å². The van der Waals surface area contributed by atoms with Crippen molar-refractivity contribution in [2.24, 2.45) is 11.7 Å². The van der Waals surface area contributed by atoms with Gasteiger partial charge in [-0.3, -0.25) is 19.4 Å². The Hall–Kier alpha value is -3.76. The topological polar surface area (TPSA) is 143 Å². The van der Waals surface area contributed by atoms with E-state index in [1.54, 1.807) is 54.5 Å². The maximum absolute atomic E-state index is 13.2. The Kier molecular flexibility index (Phi) is 8.98. The van der Waals surface area contributed by atoms with Crippen LogP contribution in [0.5, 0.6) is 0 Å². The molecular weight excluding hydrogens is 520 g/mol. The van der Waals surface area contributed by atoms with Gasteiger partial charge in [0.1, 0.15) is 5.76 Å². The van der Waals surface area contributed by atoms with E-state index in [0.29, 0.717) is 43.1 Å². The number of carbonyl (C=O) groups is 3. The van der Waals surface area contributed by atoms with Gasteiger partial charge in [0.25, 0.3) is 11.8 Å². The van der Waals surface area contributed by atoms with Crippen molar-refractivity contribution in [3.63, 3.8) is 0 Å². The highest BCUT2D eigenvalue weighted by atomic mass is 35.5. The molecule has 11 heteroatoms. The third-order valence-corrected chi connectivity index (χ3v) is 7.17. The van der Waals surface area contributed by atoms with Crippen molar-refractivity contribution in [2.75, 3.05) is 18.4 Å². The number of piperidine rings is 1. The van der Waals surface area contributed by atoms with Gasteiger partial charge in [0.15, 0.2) is 5.69 Å². The van der Waals surface area contributed by atoms with Gasteiger partial charge in [-0.25, -0.2) is 0 Å². The molecule has 5 rings (SSSR count). The average Bonchev–Trinajstić information content (AvgIpc) is 3.67. The van der Waals surface area contributed by atoms with Crippen molar-refractivity contribution in [1.82, 2.24) is 20.4 Å². The second-order valence-corrected chi connectivity index (χ2v) is 10.1. The minimum absolute atomic E-state index is 0. The van der Waals surface area contributed by atoms with Crippen LogP contribution in [-0.4, -0.2) is 51.9 Å². The molecule has 0 radical (unpaired) electrons. The van der Waals surface area contributed by atoms with Crippen molar-refractivity contribution in [1.29, 1.82) is 0 Å². The van der Waals surface area contributed by atoms with Gasteiger partial charge in [0.2, 0.25) is 5.91 Å². The predicted molar refractivity (Wildman–Crippen MR) is 148 cm³/mol. The maximum atomic E-state index is 13.2. The maximum Gasteiger partial charge on any atom is 0.273 e. The molecule has 0 spiro atoms. The van der Waals surface area contributed by atoms with E-state index in [4.69, 9.17) is 10.3 Å². The molecule has 3 aromatic rings. The summed E-state index contributed by atoms with van der Waals surface area (Å²) in [6.07, 6.45) is 6.68. The van der Waals surface area contributed by atoms with Crippen molar-refractivity contribution >= 4 is 35.8 Å². The quantitative estimate of drug-likeness (QED) is 0.386. The Bertz CT molecular complexity index is 1300. The zero-order chi connectivity index (χ0) is 26.6. The first-order chi connectivity index (χ1) is 18.4. The molecule has 3 amide bonds. The first kappa shape index (κ1) is 28.3. The number of rotatable bonds is 8. The average molecular weight is 553 g/mol. The minimum Gasteiger partial charge on any atom is -0.360 e. The lowest BCUT2D eigenvalue weighted by Gasteiger charge is -2.37. The standard InChI is InChI=1S/C28H32N6O4.ClH/c1-17(29)28(37)34-12-9-19(10-13-34)25(32-27(36)23-15-24(38-33-23)18-7-8-18)20-4-2-5-21(14-20)26(35)31-22-6-3-11-30-16-22;/h2-6,11,14-19,25H,7-10,12-13,29H2,1H3,(H,31,35)(H,32,36);1H. The highest BCUT2D eigenvalue weighted by Gasteiger charge is 2.33. The zero-order valence-corrected chi connectivity index (χ0v) is 22.5. The molecule has 2 unspecified atom stereocenters. The van der Waals surface area contributed by atoms with Crippen LogP contribution >= 0.6 is 12.4 Å². The Labute approximate surface area is 233 Å². The minimum atomic E-state index is -0.551. The van der Waals surface area contributed by atoms with E-state index in [9.17, 15) is 14.4 Å². The van der Waals surface area contributed by atoms with Gasteiger partial charge in [-0.05, 0) is 68.4 Å². The lowest BCUT2D eigenvalue weighted by Crippen LogP contribution is -2.47. The van der Waals surface area contributed by atoms with E-state index >= 15 is 0 Å². The molecule has 1 aliphatic carbocycles. The lowest BCUT2D eigenvalue weighted by atomic mass is 9.84. The van der Waals surface area contributed by atoms with Gasteiger partial charge in [0.05, 0.1) is 24.0 Å². The molecule has 1 saturated carbocycles. The number of nitrogens with zero attached hydrogens (tertiary/aromatic N) is 3. The molecule has 0 bridgehead atoms. The van der Waals surface area contributed by atoms with Crippen LogP contribution in [-0.2, 0) is 4.79 Å². The van der Waals surface area contributed by atoms with Crippen LogP contribution in [0.25, 0.3) is 0 Å². The molecule has 10 nitrogen and oxygen atoms in total. The number of benzene rings is 1. The third kappa shape index (κ3) is 6.82. The molecule has 2 atom stereocenters. The first-order valence-electron chi connectivity index (χ1n) is 13.0. The molecule has 206 valence electrons. The number of nitrogens with two attached hydrogens (primary N) is 1. The number of halogens is 1. The number of anilines is 1. The van der Waals surface area contributed by atoms with Crippen LogP contribution in [0.15, 0.2) is 59.4 Å². The lowest BCUT2D eigenvalue weighted by molar-refractivity contribution is -0.133. The summed E-state index contributed by atoms with van der Waals surface area (Å²) in [6, 6.07) is 11.5. The summed E-state index contributed by atoms with van der Waals surface area (Å²) in [7, 11) is 0. The normalized spacial score (nSPS) is 17.0. The molecule has 2 aromatic heterocycles. The van der Waals surface area contributed by atoms with Crippen LogP contribution in [0.4, 0.5) is 5.69 Å². The van der Waals surface area contributed by atoms with Crippen molar-refractivity contribution < 1.29 is 18.9 Å². The van der Waals surface area contributed by atoms with Gasteiger partial charge in [-0.1, -0.05) is 17.3 Å². The number of aromatic nitrogens is 2. The highest BCUT2D eigenvalue weighted by Crippen LogP contribution is 2.40. The molecule has 3 heterocycles. The summed E-state index contributed by atoms with van der Waals surface area (Å²) in [6.45, 7) is 2.79. The smallest absolute Gasteiger partial charge is 0.273 e. The Morgan fingerprint density at radius 1 is 1.05 bits per heavy atom. The van der Waals surface area contributed by atoms with Crippen LogP contribution in [0.1, 0.15) is 76.7 Å². The van der Waals surface area contributed by atoms with E-state index in [1.165, 1.54) is 0 Å². The summed E-state index contributed by atoms with van der Waals surface area (Å²) >= 11 is 0. The number of carbonyl (C=O) groups excluding carboxylic acids is 3. The highest BCUT2D eigenvalue weighted by molar-refractivity contribution is 6.04. The fourth-order valence-corrected chi connectivity index (χ4v) is 4.90. The SMILES string of the molecule is CC(N)C(=O)N1CCC(C(NC(=O)c2cc(C3CC3)on2)c2cccc(C(=O)Nc3cccnc3)c2)CC1.Cl. The first-order valence-corrected chi connectivity index (χ1v) is 13.0. The van der Waals surface area contributed by atoms with Gasteiger partial charge in [-0.15, -0.1) is 12.4 Å². The second kappa shape index (κ2) is 12.4. The summed E-state index contributed by atoms with van der Waals surface area (Å²) in [5.41, 5.74) is 7.91. The van der Waals surface area contributed by atoms with E-state index in [1.807, 2.05) is 12.1 Å². The molecule has 1 aromatic carbocycles. The van der Waals surface area contributed by atoms with Gasteiger partial charge >= 0.3 is 0 Å². The largest absolute Gasteiger partial charge is 0.360 e. The molecule has 4 N–H and O–H groups in total. The number of pyridine rings is 1. The third-order valence-electron chi connectivity index (χ3n) is 7.17. The second-order valence-electron chi connectivity index (χ2n) is 10.1. The number of nitrogens with one attached hydrogen (secondary N) is 2. The van der Waals surface area contributed by atoms with Gasteiger partial charge < -0.3 is 25.8 Å². The molecule has 1 aliphatic heterocycles. The molecule has 39 heavy (non-hydrogen) atoms. The molecular formula is C28H33ClN6O4. The Morgan fingerprint density at radius 2 is 1.82 bits per heavy atom. The Morgan fingerprint density at radius 3 is 2.49 bits per heavy atom. The van der Waals surface area contributed by atoms with E-state index in [-0.39, 0.29) is 47.8 Å². The number of likely N-dealkylation sites (tertiary alicyclic amines) is 1. The van der Waals surface area contributed by atoms with Crippen LogP contribution in [0, 0.1) is 5.92 Å². The Balaban J connectivity index is 0.00000353.